The number of aromatic carboxylic acids is 1. The van der Waals surface area contributed by atoms with Crippen molar-refractivity contribution in [3.63, 3.8) is 0 Å². The Bertz CT molecular complexity index is 548. The van der Waals surface area contributed by atoms with Gasteiger partial charge in [0.25, 0.3) is 0 Å². The fourth-order valence-corrected chi connectivity index (χ4v) is 1.77. The van der Waals surface area contributed by atoms with Gasteiger partial charge in [0.2, 0.25) is 0 Å². The van der Waals surface area contributed by atoms with E-state index >= 15 is 0 Å². The normalized spacial score (nSPS) is 10.4. The first-order valence-electron chi connectivity index (χ1n) is 4.36. The third-order valence-corrected chi connectivity index (χ3v) is 2.72. The summed E-state index contributed by atoms with van der Waals surface area (Å²) in [5, 5.41) is 8.77. The van der Waals surface area contributed by atoms with Crippen LogP contribution in [0, 0.1) is 5.82 Å². The van der Waals surface area contributed by atoms with E-state index in [1.807, 2.05) is 0 Å². The first-order valence-corrected chi connectivity index (χ1v) is 5.15. The fraction of sp³-hybridized carbons (Fsp3) is 0. The number of hydrogen-bond donors (Lipinski definition) is 1. The van der Waals surface area contributed by atoms with Gasteiger partial charge in [-0.3, -0.25) is 0 Å². The van der Waals surface area contributed by atoms with Crippen LogP contribution in [0.3, 0.4) is 0 Å². The molecule has 2 aromatic rings. The van der Waals surface area contributed by atoms with Crippen LogP contribution in [-0.2, 0) is 0 Å². The molecule has 0 unspecified atom stereocenters. The summed E-state index contributed by atoms with van der Waals surface area (Å²) in [5.74, 6) is -1.83. The number of carboxylic acids is 1. The second-order valence-corrected chi connectivity index (χ2v) is 3.92. The van der Waals surface area contributed by atoms with Crippen LogP contribution in [0.15, 0.2) is 39.4 Å². The van der Waals surface area contributed by atoms with Gasteiger partial charge in [0.15, 0.2) is 5.76 Å². The number of hydrogen-bond acceptors (Lipinski definition) is 2. The molecule has 0 aliphatic heterocycles. The summed E-state index contributed by atoms with van der Waals surface area (Å²) in [6, 6.07) is 5.75. The summed E-state index contributed by atoms with van der Waals surface area (Å²) in [7, 11) is 0. The van der Waals surface area contributed by atoms with Crippen LogP contribution in [0.4, 0.5) is 4.39 Å². The molecule has 0 amide bonds. The maximum absolute atomic E-state index is 13.8. The molecule has 3 nitrogen and oxygen atoms in total. The van der Waals surface area contributed by atoms with Crippen LogP contribution in [0.25, 0.3) is 11.3 Å². The molecule has 1 heterocycles. The molecule has 1 aromatic heterocycles. The van der Waals surface area contributed by atoms with Crippen LogP contribution in [0.5, 0.6) is 0 Å². The molecule has 0 spiro atoms. The SMILES string of the molecule is O=C(O)c1cccc(-c2occc2Br)c1F. The molecule has 1 N–H and O–H groups in total. The Morgan fingerprint density at radius 2 is 2.12 bits per heavy atom. The lowest BCUT2D eigenvalue weighted by Crippen LogP contribution is -2.01. The van der Waals surface area contributed by atoms with Crippen LogP contribution in [0.1, 0.15) is 10.4 Å². The average molecular weight is 285 g/mol. The first-order chi connectivity index (χ1) is 7.61. The number of carbonyl (C=O) groups is 1. The van der Waals surface area contributed by atoms with Gasteiger partial charge in [0, 0.05) is 0 Å². The summed E-state index contributed by atoms with van der Waals surface area (Å²) in [4.78, 5) is 10.7. The highest BCUT2D eigenvalue weighted by atomic mass is 79.9. The predicted octanol–water partition coefficient (Wildman–Crippen LogP) is 3.55. The Morgan fingerprint density at radius 1 is 1.38 bits per heavy atom. The highest BCUT2D eigenvalue weighted by molar-refractivity contribution is 9.10. The molecule has 5 heteroatoms. The lowest BCUT2D eigenvalue weighted by molar-refractivity contribution is 0.0692. The third-order valence-electron chi connectivity index (χ3n) is 2.09. The van der Waals surface area contributed by atoms with Crippen molar-refractivity contribution in [3.05, 3.63) is 46.4 Å². The summed E-state index contributed by atoms with van der Waals surface area (Å²) in [5.41, 5.74) is -0.252. The van der Waals surface area contributed by atoms with E-state index < -0.39 is 11.8 Å². The molecule has 0 radical (unpaired) electrons. The number of halogens is 2. The maximum atomic E-state index is 13.8. The molecule has 0 fully saturated rings. The van der Waals surface area contributed by atoms with E-state index in [2.05, 4.69) is 15.9 Å². The Hall–Kier alpha value is -1.62. The fourth-order valence-electron chi connectivity index (χ4n) is 1.36. The molecule has 2 rings (SSSR count). The van der Waals surface area contributed by atoms with Crippen molar-refractivity contribution in [1.29, 1.82) is 0 Å². The van der Waals surface area contributed by atoms with Crippen molar-refractivity contribution in [2.45, 2.75) is 0 Å². The van der Waals surface area contributed by atoms with E-state index in [1.54, 1.807) is 6.07 Å². The topological polar surface area (TPSA) is 50.4 Å². The molecular weight excluding hydrogens is 279 g/mol. The van der Waals surface area contributed by atoms with Crippen molar-refractivity contribution >= 4 is 21.9 Å². The highest BCUT2D eigenvalue weighted by Crippen LogP contribution is 2.32. The summed E-state index contributed by atoms with van der Waals surface area (Å²) in [6.45, 7) is 0. The zero-order valence-corrected chi connectivity index (χ0v) is 9.49. The molecule has 0 saturated carbocycles. The summed E-state index contributed by atoms with van der Waals surface area (Å²) in [6.07, 6.45) is 1.40. The van der Waals surface area contributed by atoms with Gasteiger partial charge in [-0.1, -0.05) is 6.07 Å². The quantitative estimate of drug-likeness (QED) is 0.918. The van der Waals surface area contributed by atoms with E-state index in [0.29, 0.717) is 4.47 Å². The number of rotatable bonds is 2. The predicted molar refractivity (Wildman–Crippen MR) is 58.8 cm³/mol. The van der Waals surface area contributed by atoms with E-state index in [0.717, 1.165) is 0 Å². The molecule has 16 heavy (non-hydrogen) atoms. The Labute approximate surface area is 98.6 Å². The Balaban J connectivity index is 2.63. The zero-order chi connectivity index (χ0) is 11.7. The molecule has 1 aromatic carbocycles. The highest BCUT2D eigenvalue weighted by Gasteiger charge is 2.18. The Morgan fingerprint density at radius 3 is 2.69 bits per heavy atom. The van der Waals surface area contributed by atoms with Gasteiger partial charge in [-0.25, -0.2) is 9.18 Å². The molecular formula is C11H6BrFO3. The largest absolute Gasteiger partial charge is 0.478 e. The van der Waals surface area contributed by atoms with Gasteiger partial charge in [0.05, 0.1) is 21.9 Å². The van der Waals surface area contributed by atoms with Crippen LogP contribution in [-0.4, -0.2) is 11.1 Å². The van der Waals surface area contributed by atoms with Gasteiger partial charge in [-0.2, -0.15) is 0 Å². The van der Waals surface area contributed by atoms with E-state index in [-0.39, 0.29) is 16.9 Å². The van der Waals surface area contributed by atoms with Gasteiger partial charge in [-0.15, -0.1) is 0 Å². The standard InChI is InChI=1S/C11H6BrFO3/c12-8-4-5-16-10(8)6-2-1-3-7(9(6)13)11(14)15/h1-5H,(H,14,15). The molecule has 0 bridgehead atoms. The van der Waals surface area contributed by atoms with Crippen LogP contribution in [0.2, 0.25) is 0 Å². The maximum Gasteiger partial charge on any atom is 0.338 e. The second kappa shape index (κ2) is 4.09. The monoisotopic (exact) mass is 284 g/mol. The van der Waals surface area contributed by atoms with Crippen molar-refractivity contribution < 1.29 is 18.7 Å². The van der Waals surface area contributed by atoms with Crippen molar-refractivity contribution in [3.8, 4) is 11.3 Å². The second-order valence-electron chi connectivity index (χ2n) is 3.07. The van der Waals surface area contributed by atoms with E-state index in [9.17, 15) is 9.18 Å². The third kappa shape index (κ3) is 1.74. The van der Waals surface area contributed by atoms with Crippen molar-refractivity contribution in [2.24, 2.45) is 0 Å². The average Bonchev–Trinajstić information content (AvgIpc) is 2.64. The number of carboxylic acid groups (broad SMARTS) is 1. The molecule has 0 atom stereocenters. The molecule has 0 saturated heterocycles. The first kappa shape index (κ1) is 10.9. The van der Waals surface area contributed by atoms with E-state index in [1.165, 1.54) is 24.5 Å². The smallest absolute Gasteiger partial charge is 0.338 e. The van der Waals surface area contributed by atoms with Crippen molar-refractivity contribution in [1.82, 2.24) is 0 Å². The number of furan rings is 1. The Kier molecular flexibility index (Phi) is 2.78. The van der Waals surface area contributed by atoms with Crippen molar-refractivity contribution in [2.75, 3.05) is 0 Å². The van der Waals surface area contributed by atoms with Gasteiger partial charge in [-0.05, 0) is 34.1 Å². The molecule has 0 aliphatic rings. The zero-order valence-electron chi connectivity index (χ0n) is 7.91. The lowest BCUT2D eigenvalue weighted by Gasteiger charge is -2.03. The minimum Gasteiger partial charge on any atom is -0.478 e. The van der Waals surface area contributed by atoms with Gasteiger partial charge < -0.3 is 9.52 Å². The van der Waals surface area contributed by atoms with Gasteiger partial charge in [0.1, 0.15) is 5.82 Å². The molecule has 82 valence electrons. The molecule has 0 aliphatic carbocycles. The minimum absolute atomic E-state index is 0.122. The number of benzene rings is 1. The van der Waals surface area contributed by atoms with Crippen LogP contribution < -0.4 is 0 Å². The summed E-state index contributed by atoms with van der Waals surface area (Å²) >= 11 is 3.19. The summed E-state index contributed by atoms with van der Waals surface area (Å²) < 4.78 is 19.5. The minimum atomic E-state index is -1.30. The van der Waals surface area contributed by atoms with Gasteiger partial charge >= 0.3 is 5.97 Å². The van der Waals surface area contributed by atoms with Crippen LogP contribution >= 0.6 is 15.9 Å². The lowest BCUT2D eigenvalue weighted by atomic mass is 10.1. The van der Waals surface area contributed by atoms with E-state index in [4.69, 9.17) is 9.52 Å².